The summed E-state index contributed by atoms with van der Waals surface area (Å²) in [6.07, 6.45) is 1.86. The zero-order chi connectivity index (χ0) is 12.5. The molecule has 0 aliphatic carbocycles. The Bertz CT molecular complexity index is 631. The number of sulfone groups is 1. The van der Waals surface area contributed by atoms with Crippen molar-refractivity contribution in [1.82, 2.24) is 10.3 Å². The van der Waals surface area contributed by atoms with E-state index in [0.717, 1.165) is 6.54 Å². The molecule has 1 aromatic heterocycles. The summed E-state index contributed by atoms with van der Waals surface area (Å²) in [7, 11) is -1.34. The third-order valence-corrected chi connectivity index (χ3v) is 3.53. The topological polar surface area (TPSA) is 72.2 Å². The third-order valence-electron chi connectivity index (χ3n) is 2.42. The Kier molecular flexibility index (Phi) is 3.17. The van der Waals surface area contributed by atoms with Gasteiger partial charge in [0.15, 0.2) is 21.3 Å². The summed E-state index contributed by atoms with van der Waals surface area (Å²) in [5.41, 5.74) is 1.20. The third kappa shape index (κ3) is 2.65. The van der Waals surface area contributed by atoms with Crippen LogP contribution in [0.2, 0.25) is 0 Å². The minimum Gasteiger partial charge on any atom is -0.441 e. The van der Waals surface area contributed by atoms with Crippen LogP contribution >= 0.6 is 0 Å². The molecule has 0 unspecified atom stereocenters. The largest absolute Gasteiger partial charge is 0.441 e. The SMILES string of the molecule is CNCCc1nc2cc(S(C)(=O)=O)ccc2o1. The maximum atomic E-state index is 11.4. The molecule has 0 saturated carbocycles. The molecule has 17 heavy (non-hydrogen) atoms. The maximum Gasteiger partial charge on any atom is 0.196 e. The Hall–Kier alpha value is -1.40. The van der Waals surface area contributed by atoms with E-state index < -0.39 is 9.84 Å². The Labute approximate surface area is 99.8 Å². The smallest absolute Gasteiger partial charge is 0.196 e. The molecule has 5 nitrogen and oxygen atoms in total. The zero-order valence-electron chi connectivity index (χ0n) is 9.73. The summed E-state index contributed by atoms with van der Waals surface area (Å²) in [5, 5.41) is 3.00. The van der Waals surface area contributed by atoms with Gasteiger partial charge < -0.3 is 9.73 Å². The zero-order valence-corrected chi connectivity index (χ0v) is 10.5. The molecule has 2 rings (SSSR count). The van der Waals surface area contributed by atoms with Gasteiger partial charge in [-0.15, -0.1) is 0 Å². The molecule has 92 valence electrons. The number of oxazole rings is 1. The second-order valence-electron chi connectivity index (χ2n) is 3.86. The van der Waals surface area contributed by atoms with Crippen LogP contribution in [0.25, 0.3) is 11.1 Å². The molecule has 0 bridgehead atoms. The second-order valence-corrected chi connectivity index (χ2v) is 5.88. The average molecular weight is 254 g/mol. The lowest BCUT2D eigenvalue weighted by atomic mass is 10.3. The van der Waals surface area contributed by atoms with Crippen LogP contribution in [0.1, 0.15) is 5.89 Å². The predicted molar refractivity (Wildman–Crippen MR) is 64.7 cm³/mol. The van der Waals surface area contributed by atoms with Crippen molar-refractivity contribution >= 4 is 20.9 Å². The summed E-state index contributed by atoms with van der Waals surface area (Å²) < 4.78 is 28.3. The number of nitrogens with one attached hydrogen (secondary N) is 1. The van der Waals surface area contributed by atoms with Gasteiger partial charge in [0.25, 0.3) is 0 Å². The van der Waals surface area contributed by atoms with Gasteiger partial charge in [0.1, 0.15) is 5.52 Å². The predicted octanol–water partition coefficient (Wildman–Crippen LogP) is 0.993. The highest BCUT2D eigenvalue weighted by molar-refractivity contribution is 7.90. The van der Waals surface area contributed by atoms with Crippen LogP contribution in [-0.4, -0.2) is 33.2 Å². The molecule has 0 radical (unpaired) electrons. The number of likely N-dealkylation sites (N-methyl/N-ethyl adjacent to an activating group) is 1. The van der Waals surface area contributed by atoms with Crippen LogP contribution in [0.5, 0.6) is 0 Å². The van der Waals surface area contributed by atoms with Crippen molar-refractivity contribution in [2.24, 2.45) is 0 Å². The molecule has 1 N–H and O–H groups in total. The first-order valence-corrected chi connectivity index (χ1v) is 7.14. The lowest BCUT2D eigenvalue weighted by Crippen LogP contribution is -2.10. The van der Waals surface area contributed by atoms with Gasteiger partial charge in [-0.05, 0) is 25.2 Å². The van der Waals surface area contributed by atoms with E-state index >= 15 is 0 Å². The standard InChI is InChI=1S/C11H14N2O3S/c1-12-6-5-11-13-9-7-8(17(2,14)15)3-4-10(9)16-11/h3-4,7,12H,5-6H2,1-2H3. The van der Waals surface area contributed by atoms with E-state index in [2.05, 4.69) is 10.3 Å². The highest BCUT2D eigenvalue weighted by Gasteiger charge is 2.11. The Morgan fingerprint density at radius 1 is 1.41 bits per heavy atom. The fourth-order valence-corrected chi connectivity index (χ4v) is 2.17. The molecule has 1 heterocycles. The van der Waals surface area contributed by atoms with Gasteiger partial charge in [0.05, 0.1) is 4.90 Å². The second kappa shape index (κ2) is 4.46. The highest BCUT2D eigenvalue weighted by atomic mass is 32.2. The van der Waals surface area contributed by atoms with E-state index in [0.29, 0.717) is 23.4 Å². The first-order valence-electron chi connectivity index (χ1n) is 5.25. The Balaban J connectivity index is 2.41. The number of hydrogen-bond acceptors (Lipinski definition) is 5. The average Bonchev–Trinajstić information content (AvgIpc) is 2.66. The van der Waals surface area contributed by atoms with E-state index in [4.69, 9.17) is 4.42 Å². The monoisotopic (exact) mass is 254 g/mol. The van der Waals surface area contributed by atoms with Crippen molar-refractivity contribution in [2.45, 2.75) is 11.3 Å². The lowest BCUT2D eigenvalue weighted by Gasteiger charge is -1.95. The minimum absolute atomic E-state index is 0.262. The van der Waals surface area contributed by atoms with Crippen LogP contribution in [-0.2, 0) is 16.3 Å². The molecule has 2 aromatic rings. The van der Waals surface area contributed by atoms with E-state index in [1.807, 2.05) is 7.05 Å². The number of fused-ring (bicyclic) bond motifs is 1. The van der Waals surface area contributed by atoms with Crippen LogP contribution in [0.4, 0.5) is 0 Å². The summed E-state index contributed by atoms with van der Waals surface area (Å²) >= 11 is 0. The van der Waals surface area contributed by atoms with Gasteiger partial charge >= 0.3 is 0 Å². The Morgan fingerprint density at radius 3 is 2.82 bits per heavy atom. The summed E-state index contributed by atoms with van der Waals surface area (Å²) in [6, 6.07) is 4.71. The summed E-state index contributed by atoms with van der Waals surface area (Å²) in [5.74, 6) is 0.611. The molecular formula is C11H14N2O3S. The van der Waals surface area contributed by atoms with Crippen molar-refractivity contribution < 1.29 is 12.8 Å². The van der Waals surface area contributed by atoms with E-state index in [1.54, 1.807) is 6.07 Å². The number of hydrogen-bond donors (Lipinski definition) is 1. The van der Waals surface area contributed by atoms with Crippen LogP contribution < -0.4 is 5.32 Å². The van der Waals surface area contributed by atoms with Gasteiger partial charge in [-0.2, -0.15) is 0 Å². The quantitative estimate of drug-likeness (QED) is 0.881. The summed E-state index contributed by atoms with van der Waals surface area (Å²) in [6.45, 7) is 0.770. The fourth-order valence-electron chi connectivity index (χ4n) is 1.52. The molecule has 0 aliphatic heterocycles. The first-order chi connectivity index (χ1) is 8.00. The van der Waals surface area contributed by atoms with Gasteiger partial charge in [0.2, 0.25) is 0 Å². The summed E-state index contributed by atoms with van der Waals surface area (Å²) in [4.78, 5) is 4.52. The van der Waals surface area contributed by atoms with Crippen LogP contribution in [0, 0.1) is 0 Å². The van der Waals surface area contributed by atoms with E-state index in [-0.39, 0.29) is 4.90 Å². The minimum atomic E-state index is -3.20. The van der Waals surface area contributed by atoms with Crippen LogP contribution in [0.15, 0.2) is 27.5 Å². The van der Waals surface area contributed by atoms with Crippen molar-refractivity contribution in [3.63, 3.8) is 0 Å². The number of rotatable bonds is 4. The molecule has 0 saturated heterocycles. The molecule has 0 aliphatic rings. The fraction of sp³-hybridized carbons (Fsp3) is 0.364. The normalized spacial score (nSPS) is 12.1. The van der Waals surface area contributed by atoms with Crippen molar-refractivity contribution in [3.05, 3.63) is 24.1 Å². The molecule has 0 fully saturated rings. The first kappa shape index (κ1) is 12.1. The van der Waals surface area contributed by atoms with Crippen molar-refractivity contribution in [3.8, 4) is 0 Å². The molecule has 0 spiro atoms. The van der Waals surface area contributed by atoms with Gasteiger partial charge in [-0.1, -0.05) is 0 Å². The van der Waals surface area contributed by atoms with Crippen molar-refractivity contribution in [1.29, 1.82) is 0 Å². The number of aromatic nitrogens is 1. The lowest BCUT2D eigenvalue weighted by molar-refractivity contribution is 0.522. The highest BCUT2D eigenvalue weighted by Crippen LogP contribution is 2.20. The molecular weight excluding hydrogens is 240 g/mol. The molecule has 1 aromatic carbocycles. The van der Waals surface area contributed by atoms with E-state index in [1.165, 1.54) is 18.4 Å². The maximum absolute atomic E-state index is 11.4. The molecule has 6 heteroatoms. The Morgan fingerprint density at radius 2 is 2.18 bits per heavy atom. The van der Waals surface area contributed by atoms with Crippen molar-refractivity contribution in [2.75, 3.05) is 19.8 Å². The molecule has 0 atom stereocenters. The number of benzene rings is 1. The molecule has 0 amide bonds. The van der Waals surface area contributed by atoms with Gasteiger partial charge in [0, 0.05) is 19.2 Å². The van der Waals surface area contributed by atoms with Crippen LogP contribution in [0.3, 0.4) is 0 Å². The van der Waals surface area contributed by atoms with E-state index in [9.17, 15) is 8.42 Å². The number of nitrogens with zero attached hydrogens (tertiary/aromatic N) is 1. The van der Waals surface area contributed by atoms with Gasteiger partial charge in [-0.3, -0.25) is 0 Å². The van der Waals surface area contributed by atoms with Gasteiger partial charge in [-0.25, -0.2) is 13.4 Å².